The van der Waals surface area contributed by atoms with Gasteiger partial charge < -0.3 is 5.32 Å². The monoisotopic (exact) mass is 244 g/mol. The summed E-state index contributed by atoms with van der Waals surface area (Å²) >= 11 is 0. The quantitative estimate of drug-likeness (QED) is 0.890. The zero-order valence-electron chi connectivity index (χ0n) is 10.6. The molecule has 2 aromatic rings. The highest BCUT2D eigenvalue weighted by Crippen LogP contribution is 2.09. The Morgan fingerprint density at radius 3 is 2.72 bits per heavy atom. The maximum Gasteiger partial charge on any atom is 0.225 e. The highest BCUT2D eigenvalue weighted by Gasteiger charge is 2.07. The summed E-state index contributed by atoms with van der Waals surface area (Å²) in [5.74, 6) is 0.724. The number of hydrogen-bond acceptors (Lipinski definition) is 3. The maximum atomic E-state index is 11.8. The Morgan fingerprint density at radius 1 is 1.39 bits per heavy atom. The first-order valence-electron chi connectivity index (χ1n) is 5.84. The molecule has 2 rings (SSSR count). The fraction of sp³-hybridized carbons (Fsp3) is 0.308. The van der Waals surface area contributed by atoms with Crippen LogP contribution in [0.5, 0.6) is 0 Å². The van der Waals surface area contributed by atoms with Crippen molar-refractivity contribution < 1.29 is 4.79 Å². The summed E-state index contributed by atoms with van der Waals surface area (Å²) < 4.78 is 1.67. The lowest BCUT2D eigenvalue weighted by molar-refractivity contribution is -0.116. The third-order valence-corrected chi connectivity index (χ3v) is 2.66. The second-order valence-electron chi connectivity index (χ2n) is 4.20. The molecule has 0 fully saturated rings. The third-order valence-electron chi connectivity index (χ3n) is 2.66. The summed E-state index contributed by atoms with van der Waals surface area (Å²) in [7, 11) is 1.81. The largest absolute Gasteiger partial charge is 0.311 e. The molecule has 0 aliphatic rings. The van der Waals surface area contributed by atoms with Gasteiger partial charge in [0.2, 0.25) is 5.91 Å². The minimum absolute atomic E-state index is 0.00480. The number of nitrogens with one attached hydrogen (secondary N) is 1. The van der Waals surface area contributed by atoms with Gasteiger partial charge in [-0.15, -0.1) is 0 Å². The molecule has 2 aromatic heterocycles. The van der Waals surface area contributed by atoms with Crippen LogP contribution in [0.3, 0.4) is 0 Å². The smallest absolute Gasteiger partial charge is 0.225 e. The summed E-state index contributed by atoms with van der Waals surface area (Å²) in [6, 6.07) is 5.69. The molecule has 0 aliphatic carbocycles. The van der Waals surface area contributed by atoms with Gasteiger partial charge in [0.05, 0.1) is 5.69 Å². The van der Waals surface area contributed by atoms with Crippen molar-refractivity contribution >= 4 is 11.7 Å². The summed E-state index contributed by atoms with van der Waals surface area (Å²) in [6.07, 6.45) is 4.63. The zero-order chi connectivity index (χ0) is 13.0. The number of carbonyl (C=O) groups excluding carboxylic acids is 1. The zero-order valence-corrected chi connectivity index (χ0v) is 10.6. The number of anilines is 1. The molecule has 0 atom stereocenters. The van der Waals surface area contributed by atoms with Crippen LogP contribution in [0.1, 0.15) is 17.7 Å². The molecule has 5 heteroatoms. The van der Waals surface area contributed by atoms with E-state index < -0.39 is 0 Å². The lowest BCUT2D eigenvalue weighted by Crippen LogP contribution is -2.14. The van der Waals surface area contributed by atoms with Gasteiger partial charge in [-0.25, -0.2) is 0 Å². The van der Waals surface area contributed by atoms with Crippen LogP contribution in [0.15, 0.2) is 30.6 Å². The van der Waals surface area contributed by atoms with E-state index >= 15 is 0 Å². The standard InChI is InChI=1S/C13H16N4O/c1-10-9-12(17(2)16-10)15-13(18)4-3-11-5-7-14-8-6-11/h5-9H,3-4H2,1-2H3,(H,15,18). The van der Waals surface area contributed by atoms with E-state index in [-0.39, 0.29) is 5.91 Å². The second kappa shape index (κ2) is 5.44. The van der Waals surface area contributed by atoms with Gasteiger partial charge in [-0.1, -0.05) is 0 Å². The number of aromatic nitrogens is 3. The molecular weight excluding hydrogens is 228 g/mol. The van der Waals surface area contributed by atoms with Crippen molar-refractivity contribution in [1.82, 2.24) is 14.8 Å². The lowest BCUT2D eigenvalue weighted by Gasteiger charge is -2.05. The summed E-state index contributed by atoms with van der Waals surface area (Å²) in [4.78, 5) is 15.7. The molecule has 1 amide bonds. The average Bonchev–Trinajstić information content (AvgIpc) is 2.67. The van der Waals surface area contributed by atoms with E-state index in [9.17, 15) is 4.79 Å². The van der Waals surface area contributed by atoms with E-state index in [1.54, 1.807) is 17.1 Å². The van der Waals surface area contributed by atoms with Crippen LogP contribution in [0, 0.1) is 6.92 Å². The normalized spacial score (nSPS) is 10.3. The van der Waals surface area contributed by atoms with Crippen LogP contribution in [0.2, 0.25) is 0 Å². The van der Waals surface area contributed by atoms with Gasteiger partial charge in [0.1, 0.15) is 5.82 Å². The molecular formula is C13H16N4O. The van der Waals surface area contributed by atoms with E-state index in [1.165, 1.54) is 0 Å². The Hall–Kier alpha value is -2.17. The van der Waals surface area contributed by atoms with Crippen molar-refractivity contribution in [2.24, 2.45) is 7.05 Å². The van der Waals surface area contributed by atoms with Crippen molar-refractivity contribution in [2.45, 2.75) is 19.8 Å². The van der Waals surface area contributed by atoms with E-state index in [1.807, 2.05) is 32.2 Å². The van der Waals surface area contributed by atoms with Crippen LogP contribution < -0.4 is 5.32 Å². The predicted octanol–water partition coefficient (Wildman–Crippen LogP) is 1.69. The Balaban J connectivity index is 1.88. The number of pyridine rings is 1. The number of hydrogen-bond donors (Lipinski definition) is 1. The molecule has 0 bridgehead atoms. The molecule has 2 heterocycles. The van der Waals surface area contributed by atoms with Crippen LogP contribution in [-0.4, -0.2) is 20.7 Å². The highest BCUT2D eigenvalue weighted by atomic mass is 16.1. The topological polar surface area (TPSA) is 59.8 Å². The van der Waals surface area contributed by atoms with Crippen molar-refractivity contribution in [2.75, 3.05) is 5.32 Å². The molecule has 1 N–H and O–H groups in total. The van der Waals surface area contributed by atoms with Crippen LogP contribution in [0.25, 0.3) is 0 Å². The number of nitrogens with zero attached hydrogens (tertiary/aromatic N) is 3. The molecule has 0 saturated heterocycles. The Morgan fingerprint density at radius 2 is 2.11 bits per heavy atom. The van der Waals surface area contributed by atoms with E-state index in [0.717, 1.165) is 17.1 Å². The highest BCUT2D eigenvalue weighted by molar-refractivity contribution is 5.90. The second-order valence-corrected chi connectivity index (χ2v) is 4.20. The van der Waals surface area contributed by atoms with Gasteiger partial charge >= 0.3 is 0 Å². The molecule has 0 aliphatic heterocycles. The van der Waals surface area contributed by atoms with E-state index in [2.05, 4.69) is 15.4 Å². The van der Waals surface area contributed by atoms with Crippen LogP contribution >= 0.6 is 0 Å². The number of carbonyl (C=O) groups is 1. The molecule has 0 radical (unpaired) electrons. The van der Waals surface area contributed by atoms with Crippen molar-refractivity contribution in [1.29, 1.82) is 0 Å². The van der Waals surface area contributed by atoms with E-state index in [4.69, 9.17) is 0 Å². The molecule has 18 heavy (non-hydrogen) atoms. The molecule has 0 aromatic carbocycles. The van der Waals surface area contributed by atoms with Gasteiger partial charge in [0.15, 0.2) is 0 Å². The summed E-state index contributed by atoms with van der Waals surface area (Å²) in [5.41, 5.74) is 2.00. The Labute approximate surface area is 106 Å². The minimum Gasteiger partial charge on any atom is -0.311 e. The first kappa shape index (κ1) is 12.3. The first-order chi connectivity index (χ1) is 8.65. The van der Waals surface area contributed by atoms with E-state index in [0.29, 0.717) is 12.8 Å². The average molecular weight is 244 g/mol. The fourth-order valence-electron chi connectivity index (χ4n) is 1.74. The molecule has 0 saturated carbocycles. The van der Waals surface area contributed by atoms with Gasteiger partial charge in [-0.05, 0) is 31.0 Å². The number of amides is 1. The Bertz CT molecular complexity index is 533. The lowest BCUT2D eigenvalue weighted by atomic mass is 10.1. The first-order valence-corrected chi connectivity index (χ1v) is 5.84. The van der Waals surface area contributed by atoms with Gasteiger partial charge in [-0.3, -0.25) is 14.5 Å². The van der Waals surface area contributed by atoms with Crippen molar-refractivity contribution in [3.63, 3.8) is 0 Å². The van der Waals surface area contributed by atoms with Crippen molar-refractivity contribution in [3.05, 3.63) is 41.9 Å². The molecule has 94 valence electrons. The SMILES string of the molecule is Cc1cc(NC(=O)CCc2ccncc2)n(C)n1. The number of rotatable bonds is 4. The third kappa shape index (κ3) is 3.16. The van der Waals surface area contributed by atoms with Crippen LogP contribution in [-0.2, 0) is 18.3 Å². The fourth-order valence-corrected chi connectivity index (χ4v) is 1.74. The molecule has 0 unspecified atom stereocenters. The van der Waals surface area contributed by atoms with Gasteiger partial charge in [-0.2, -0.15) is 5.10 Å². The Kier molecular flexibility index (Phi) is 3.72. The predicted molar refractivity (Wildman–Crippen MR) is 69.1 cm³/mol. The minimum atomic E-state index is -0.00480. The molecule has 0 spiro atoms. The summed E-state index contributed by atoms with van der Waals surface area (Å²) in [5, 5.41) is 7.02. The van der Waals surface area contributed by atoms with Crippen molar-refractivity contribution in [3.8, 4) is 0 Å². The molecule has 5 nitrogen and oxygen atoms in total. The van der Waals surface area contributed by atoms with Gasteiger partial charge in [0, 0.05) is 31.9 Å². The summed E-state index contributed by atoms with van der Waals surface area (Å²) in [6.45, 7) is 1.90. The van der Waals surface area contributed by atoms with Crippen LogP contribution in [0.4, 0.5) is 5.82 Å². The van der Waals surface area contributed by atoms with Gasteiger partial charge in [0.25, 0.3) is 0 Å². The number of aryl methyl sites for hydroxylation is 3. The maximum absolute atomic E-state index is 11.8.